The zero-order chi connectivity index (χ0) is 20.0. The number of carbonyl (C=O) groups excluding carboxylic acids is 1. The van der Waals surface area contributed by atoms with Gasteiger partial charge in [0.2, 0.25) is 0 Å². The molecule has 5 rings (SSSR count). The summed E-state index contributed by atoms with van der Waals surface area (Å²) >= 11 is 0. The number of fused-ring (bicyclic) bond motifs is 5. The molecule has 4 aromatic carbocycles. The predicted molar refractivity (Wildman–Crippen MR) is 115 cm³/mol. The lowest BCUT2D eigenvalue weighted by atomic mass is 9.96. The van der Waals surface area contributed by atoms with Crippen molar-refractivity contribution in [3.8, 4) is 22.6 Å². The second kappa shape index (κ2) is 6.67. The van der Waals surface area contributed by atoms with E-state index >= 15 is 0 Å². The molecule has 0 radical (unpaired) electrons. The van der Waals surface area contributed by atoms with Crippen LogP contribution in [0.15, 0.2) is 71.1 Å². The molecule has 0 atom stereocenters. The first kappa shape index (κ1) is 17.3. The lowest BCUT2D eigenvalue weighted by Gasteiger charge is -2.09. The zero-order valence-electron chi connectivity index (χ0n) is 16.1. The van der Waals surface area contributed by atoms with Gasteiger partial charge in [0, 0.05) is 17.0 Å². The Morgan fingerprint density at radius 2 is 1.52 bits per heavy atom. The van der Waals surface area contributed by atoms with Crippen LogP contribution in [0.4, 0.5) is 0 Å². The van der Waals surface area contributed by atoms with E-state index in [4.69, 9.17) is 13.9 Å². The predicted octanol–water partition coefficient (Wildman–Crippen LogP) is 6.24. The van der Waals surface area contributed by atoms with Gasteiger partial charge in [0.25, 0.3) is 0 Å². The highest BCUT2D eigenvalue weighted by Gasteiger charge is 2.23. The Labute approximate surface area is 167 Å². The SMILES string of the molecule is COc1cc(OC)c2c(oc3c(-c4ccccc4)cc4ccccc4c32)c1C=O. The van der Waals surface area contributed by atoms with E-state index in [1.807, 2.05) is 30.3 Å². The number of ether oxygens (including phenoxy) is 2. The molecular weight excluding hydrogens is 364 g/mol. The van der Waals surface area contributed by atoms with Crippen molar-refractivity contribution in [2.45, 2.75) is 0 Å². The molecular formula is C25H18O4. The third-order valence-corrected chi connectivity index (χ3v) is 5.34. The smallest absolute Gasteiger partial charge is 0.157 e. The number of carbonyl (C=O) groups is 1. The summed E-state index contributed by atoms with van der Waals surface area (Å²) < 4.78 is 17.5. The molecule has 142 valence electrons. The average Bonchev–Trinajstić information content (AvgIpc) is 3.18. The molecule has 0 fully saturated rings. The molecule has 29 heavy (non-hydrogen) atoms. The molecule has 0 amide bonds. The molecule has 0 spiro atoms. The van der Waals surface area contributed by atoms with Gasteiger partial charge in [-0.3, -0.25) is 4.79 Å². The summed E-state index contributed by atoms with van der Waals surface area (Å²) in [6.07, 6.45) is 0.771. The maximum absolute atomic E-state index is 11.9. The molecule has 1 aromatic heterocycles. The number of hydrogen-bond donors (Lipinski definition) is 0. The number of hydrogen-bond acceptors (Lipinski definition) is 4. The number of benzene rings is 4. The van der Waals surface area contributed by atoms with E-state index in [-0.39, 0.29) is 0 Å². The summed E-state index contributed by atoms with van der Waals surface area (Å²) in [7, 11) is 3.14. The molecule has 0 N–H and O–H groups in total. The summed E-state index contributed by atoms with van der Waals surface area (Å²) in [6.45, 7) is 0. The number of furan rings is 1. The molecule has 0 aliphatic rings. The highest BCUT2D eigenvalue weighted by molar-refractivity contribution is 6.25. The molecule has 4 heteroatoms. The van der Waals surface area contributed by atoms with Crippen LogP contribution in [-0.2, 0) is 0 Å². The Kier molecular flexibility index (Phi) is 3.98. The summed E-state index contributed by atoms with van der Waals surface area (Å²) in [4.78, 5) is 11.9. The average molecular weight is 382 g/mol. The minimum absolute atomic E-state index is 0.377. The Bertz CT molecular complexity index is 1380. The van der Waals surface area contributed by atoms with Gasteiger partial charge in [0.15, 0.2) is 11.9 Å². The number of aldehydes is 1. The normalized spacial score (nSPS) is 11.2. The molecule has 4 nitrogen and oxygen atoms in total. The van der Waals surface area contributed by atoms with Crippen molar-refractivity contribution in [1.29, 1.82) is 0 Å². The fraction of sp³-hybridized carbons (Fsp3) is 0.0800. The van der Waals surface area contributed by atoms with Crippen molar-refractivity contribution in [3.05, 3.63) is 72.3 Å². The minimum Gasteiger partial charge on any atom is -0.496 e. The molecule has 5 aromatic rings. The van der Waals surface area contributed by atoms with Crippen molar-refractivity contribution >= 4 is 39.0 Å². The van der Waals surface area contributed by atoms with Crippen LogP contribution in [0.1, 0.15) is 10.4 Å². The number of rotatable bonds is 4. The van der Waals surface area contributed by atoms with Crippen molar-refractivity contribution in [2.24, 2.45) is 0 Å². The largest absolute Gasteiger partial charge is 0.496 e. The van der Waals surface area contributed by atoms with Crippen LogP contribution in [-0.4, -0.2) is 20.5 Å². The van der Waals surface area contributed by atoms with Gasteiger partial charge in [-0.1, -0.05) is 54.6 Å². The first-order valence-corrected chi connectivity index (χ1v) is 9.30. The summed E-state index contributed by atoms with van der Waals surface area (Å²) in [5, 5.41) is 3.84. The minimum atomic E-state index is 0.377. The van der Waals surface area contributed by atoms with Crippen LogP contribution in [0.5, 0.6) is 11.5 Å². The zero-order valence-corrected chi connectivity index (χ0v) is 16.1. The first-order valence-electron chi connectivity index (χ1n) is 9.30. The van der Waals surface area contributed by atoms with E-state index in [1.165, 1.54) is 7.11 Å². The van der Waals surface area contributed by atoms with E-state index in [1.54, 1.807) is 13.2 Å². The molecule has 1 heterocycles. The summed E-state index contributed by atoms with van der Waals surface area (Å²) in [6, 6.07) is 22.1. The van der Waals surface area contributed by atoms with E-state index in [9.17, 15) is 4.79 Å². The fourth-order valence-electron chi connectivity index (χ4n) is 4.03. The number of methoxy groups -OCH3 is 2. The first-order chi connectivity index (χ1) is 14.3. The Morgan fingerprint density at radius 3 is 2.24 bits per heavy atom. The van der Waals surface area contributed by atoms with Crippen LogP contribution in [0.3, 0.4) is 0 Å². The second-order valence-corrected chi connectivity index (χ2v) is 6.83. The van der Waals surface area contributed by atoms with Gasteiger partial charge < -0.3 is 13.9 Å². The van der Waals surface area contributed by atoms with E-state index in [2.05, 4.69) is 30.3 Å². The topological polar surface area (TPSA) is 48.7 Å². The van der Waals surface area contributed by atoms with E-state index in [0.29, 0.717) is 22.6 Å². The van der Waals surface area contributed by atoms with Crippen LogP contribution in [0.25, 0.3) is 43.8 Å². The van der Waals surface area contributed by atoms with Crippen molar-refractivity contribution in [3.63, 3.8) is 0 Å². The fourth-order valence-corrected chi connectivity index (χ4v) is 4.03. The Balaban J connectivity index is 2.07. The van der Waals surface area contributed by atoms with Gasteiger partial charge in [-0.25, -0.2) is 0 Å². The van der Waals surface area contributed by atoms with Gasteiger partial charge in [0.05, 0.1) is 25.2 Å². The molecule has 0 aliphatic heterocycles. The highest BCUT2D eigenvalue weighted by atomic mass is 16.5. The van der Waals surface area contributed by atoms with Crippen LogP contribution in [0, 0.1) is 0 Å². The molecule has 0 saturated carbocycles. The Hall–Kier alpha value is -3.79. The van der Waals surface area contributed by atoms with Crippen LogP contribution < -0.4 is 9.47 Å². The van der Waals surface area contributed by atoms with E-state index in [0.717, 1.165) is 44.5 Å². The lowest BCUT2D eigenvalue weighted by molar-refractivity contribution is 0.112. The summed E-state index contributed by atoms with van der Waals surface area (Å²) in [5.41, 5.74) is 3.58. The summed E-state index contributed by atoms with van der Waals surface area (Å²) in [5.74, 6) is 1.03. The quantitative estimate of drug-likeness (QED) is 0.345. The molecule has 0 bridgehead atoms. The molecule has 0 saturated heterocycles. The van der Waals surface area contributed by atoms with Crippen LogP contribution in [0.2, 0.25) is 0 Å². The highest BCUT2D eigenvalue weighted by Crippen LogP contribution is 2.46. The lowest BCUT2D eigenvalue weighted by Crippen LogP contribution is -1.94. The maximum atomic E-state index is 11.9. The molecule has 0 unspecified atom stereocenters. The standard InChI is InChI=1S/C25H18O4/c1-27-20-13-21(28-2)23-22-17-11-7-6-10-16(17)12-18(15-8-4-3-5-9-15)24(22)29-25(23)19(20)14-26/h3-14H,1-2H3. The third kappa shape index (κ3) is 2.49. The van der Waals surface area contributed by atoms with Crippen molar-refractivity contribution in [2.75, 3.05) is 14.2 Å². The van der Waals surface area contributed by atoms with Crippen LogP contribution >= 0.6 is 0 Å². The second-order valence-electron chi connectivity index (χ2n) is 6.83. The molecule has 0 aliphatic carbocycles. The van der Waals surface area contributed by atoms with Crippen molar-refractivity contribution < 1.29 is 18.7 Å². The van der Waals surface area contributed by atoms with Gasteiger partial charge in [-0.2, -0.15) is 0 Å². The monoisotopic (exact) mass is 382 g/mol. The van der Waals surface area contributed by atoms with Gasteiger partial charge >= 0.3 is 0 Å². The van der Waals surface area contributed by atoms with Gasteiger partial charge in [-0.05, 0) is 22.4 Å². The van der Waals surface area contributed by atoms with E-state index < -0.39 is 0 Å². The Morgan fingerprint density at radius 1 is 0.793 bits per heavy atom. The van der Waals surface area contributed by atoms with Crippen molar-refractivity contribution in [1.82, 2.24) is 0 Å². The van der Waals surface area contributed by atoms with Gasteiger partial charge in [-0.15, -0.1) is 0 Å². The third-order valence-electron chi connectivity index (χ3n) is 5.34. The maximum Gasteiger partial charge on any atom is 0.157 e. The van der Waals surface area contributed by atoms with Gasteiger partial charge in [0.1, 0.15) is 17.1 Å².